The summed E-state index contributed by atoms with van der Waals surface area (Å²) in [6, 6.07) is 10.7. The number of hydrogen-bond acceptors (Lipinski definition) is 5. The largest absolute Gasteiger partial charge is 0.383 e. The molecule has 166 valence electrons. The number of amides is 1. The van der Waals surface area contributed by atoms with Crippen molar-refractivity contribution in [2.24, 2.45) is 5.92 Å². The van der Waals surface area contributed by atoms with Gasteiger partial charge in [0.25, 0.3) is 5.91 Å². The Bertz CT molecular complexity index is 1280. The predicted octanol–water partition coefficient (Wildman–Crippen LogP) is 2.62. The number of benzene rings is 1. The Hall–Kier alpha value is -3.46. The first-order valence-corrected chi connectivity index (χ1v) is 10.7. The third-order valence-corrected chi connectivity index (χ3v) is 6.63. The lowest BCUT2D eigenvalue weighted by Gasteiger charge is -2.42. The molecule has 4 heterocycles. The lowest BCUT2D eigenvalue weighted by atomic mass is 9.83. The van der Waals surface area contributed by atoms with Crippen LogP contribution < -0.4 is 5.56 Å². The van der Waals surface area contributed by atoms with Gasteiger partial charge in [-0.05, 0) is 42.0 Å². The first-order chi connectivity index (χ1) is 15.5. The lowest BCUT2D eigenvalue weighted by Crippen LogP contribution is -2.49. The average molecular weight is 436 g/mol. The van der Waals surface area contributed by atoms with E-state index in [1.807, 2.05) is 35.4 Å². The number of pyridine rings is 1. The summed E-state index contributed by atoms with van der Waals surface area (Å²) in [6.07, 6.45) is 2.87. The molecule has 0 unspecified atom stereocenters. The van der Waals surface area contributed by atoms with E-state index in [0.29, 0.717) is 38.3 Å². The van der Waals surface area contributed by atoms with Crippen LogP contribution in [0.15, 0.2) is 47.4 Å². The number of likely N-dealkylation sites (tertiary alicyclic amines) is 1. The SMILES string of the molecule is COCCn1ccc2ccc(C(=O)N3C[C@@H]4C[C@H](C3)c3ccc([N+](=O)[O-])c(=O)n3C4)cc21. The van der Waals surface area contributed by atoms with Crippen molar-refractivity contribution in [1.82, 2.24) is 14.0 Å². The third kappa shape index (κ3) is 3.38. The number of nitrogens with zero attached hydrogens (tertiary/aromatic N) is 4. The molecule has 32 heavy (non-hydrogen) atoms. The maximum Gasteiger partial charge on any atom is 0.334 e. The smallest absolute Gasteiger partial charge is 0.334 e. The normalized spacial score (nSPS) is 19.7. The Morgan fingerprint density at radius 3 is 2.81 bits per heavy atom. The zero-order valence-corrected chi connectivity index (χ0v) is 17.8. The topological polar surface area (TPSA) is 99.6 Å². The second-order valence-corrected chi connectivity index (χ2v) is 8.60. The highest BCUT2D eigenvalue weighted by atomic mass is 16.6. The van der Waals surface area contributed by atoms with E-state index in [0.717, 1.165) is 23.0 Å². The van der Waals surface area contributed by atoms with Crippen LogP contribution in [0.4, 0.5) is 5.69 Å². The Morgan fingerprint density at radius 2 is 2.03 bits per heavy atom. The first-order valence-electron chi connectivity index (χ1n) is 10.7. The predicted molar refractivity (Wildman–Crippen MR) is 118 cm³/mol. The van der Waals surface area contributed by atoms with Crippen molar-refractivity contribution in [2.75, 3.05) is 26.8 Å². The molecule has 0 N–H and O–H groups in total. The van der Waals surface area contributed by atoms with Crippen LogP contribution in [0.2, 0.25) is 0 Å². The zero-order chi connectivity index (χ0) is 22.4. The molecule has 5 rings (SSSR count). The highest BCUT2D eigenvalue weighted by Crippen LogP contribution is 2.36. The minimum atomic E-state index is -0.630. The lowest BCUT2D eigenvalue weighted by molar-refractivity contribution is -0.386. The minimum absolute atomic E-state index is 0.00532. The van der Waals surface area contributed by atoms with E-state index >= 15 is 0 Å². The standard InChI is InChI=1S/C23H24N4O5/c1-32-9-8-24-7-6-16-2-3-17(11-21(16)24)22(28)25-12-15-10-18(14-25)19-4-5-20(27(30)31)23(29)26(19)13-15/h2-7,11,15,18H,8-10,12-14H2,1H3/t15-,18+/m0/s1. The Labute approximate surface area is 184 Å². The summed E-state index contributed by atoms with van der Waals surface area (Å²) in [4.78, 5) is 38.3. The molecule has 2 bridgehead atoms. The molecule has 1 amide bonds. The Balaban J connectivity index is 1.42. The van der Waals surface area contributed by atoms with Crippen molar-refractivity contribution >= 4 is 22.5 Å². The number of hydrogen-bond donors (Lipinski definition) is 0. The van der Waals surface area contributed by atoms with Crippen LogP contribution in [-0.2, 0) is 17.8 Å². The molecular formula is C23H24N4O5. The molecule has 2 atom stereocenters. The third-order valence-electron chi connectivity index (χ3n) is 6.63. The van der Waals surface area contributed by atoms with Gasteiger partial charge in [0.1, 0.15) is 0 Å². The van der Waals surface area contributed by atoms with Crippen LogP contribution >= 0.6 is 0 Å². The van der Waals surface area contributed by atoms with Crippen LogP contribution in [0, 0.1) is 16.0 Å². The van der Waals surface area contributed by atoms with Crippen LogP contribution in [-0.4, -0.2) is 51.7 Å². The number of rotatable bonds is 5. The molecule has 0 radical (unpaired) electrons. The second-order valence-electron chi connectivity index (χ2n) is 8.60. The highest BCUT2D eigenvalue weighted by molar-refractivity contribution is 5.98. The fourth-order valence-corrected chi connectivity index (χ4v) is 5.12. The molecule has 0 saturated carbocycles. The fourth-order valence-electron chi connectivity index (χ4n) is 5.12. The van der Waals surface area contributed by atoms with E-state index in [-0.39, 0.29) is 17.7 Å². The number of nitro groups is 1. The highest BCUT2D eigenvalue weighted by Gasteiger charge is 2.37. The number of methoxy groups -OCH3 is 1. The molecule has 0 aliphatic carbocycles. The van der Waals surface area contributed by atoms with Gasteiger partial charge in [0.2, 0.25) is 0 Å². The summed E-state index contributed by atoms with van der Waals surface area (Å²) >= 11 is 0. The van der Waals surface area contributed by atoms with Crippen molar-refractivity contribution in [3.8, 4) is 0 Å². The maximum absolute atomic E-state index is 13.4. The molecule has 2 aliphatic rings. The summed E-state index contributed by atoms with van der Waals surface area (Å²) in [5, 5.41) is 12.2. The van der Waals surface area contributed by atoms with Gasteiger partial charge in [-0.1, -0.05) is 6.07 Å². The van der Waals surface area contributed by atoms with Gasteiger partial charge in [-0.25, -0.2) is 0 Å². The quantitative estimate of drug-likeness (QED) is 0.452. The zero-order valence-electron chi connectivity index (χ0n) is 17.8. The van der Waals surface area contributed by atoms with Crippen molar-refractivity contribution in [3.05, 3.63) is 74.3 Å². The molecule has 1 saturated heterocycles. The molecule has 0 spiro atoms. The summed E-state index contributed by atoms with van der Waals surface area (Å²) in [6.45, 7) is 2.73. The number of piperidine rings is 1. The van der Waals surface area contributed by atoms with Gasteiger partial charge in [0.15, 0.2) is 0 Å². The van der Waals surface area contributed by atoms with E-state index in [2.05, 4.69) is 4.57 Å². The van der Waals surface area contributed by atoms with Crippen molar-refractivity contribution < 1.29 is 14.5 Å². The van der Waals surface area contributed by atoms with Gasteiger partial charge in [-0.15, -0.1) is 0 Å². The summed E-state index contributed by atoms with van der Waals surface area (Å²) < 4.78 is 8.79. The molecule has 2 aliphatic heterocycles. The van der Waals surface area contributed by atoms with E-state index in [1.165, 1.54) is 10.6 Å². The molecule has 9 heteroatoms. The van der Waals surface area contributed by atoms with Crippen molar-refractivity contribution in [3.63, 3.8) is 0 Å². The minimum Gasteiger partial charge on any atom is -0.383 e. The van der Waals surface area contributed by atoms with Gasteiger partial charge >= 0.3 is 11.2 Å². The van der Waals surface area contributed by atoms with E-state index in [4.69, 9.17) is 4.74 Å². The van der Waals surface area contributed by atoms with E-state index in [1.54, 1.807) is 13.2 Å². The Morgan fingerprint density at radius 1 is 1.19 bits per heavy atom. The first kappa shape index (κ1) is 20.4. The number of carbonyl (C=O) groups is 1. The molecular weight excluding hydrogens is 412 g/mol. The maximum atomic E-state index is 13.4. The van der Waals surface area contributed by atoms with Crippen molar-refractivity contribution in [1.29, 1.82) is 0 Å². The van der Waals surface area contributed by atoms with Crippen LogP contribution in [0.5, 0.6) is 0 Å². The molecule has 1 aromatic carbocycles. The van der Waals surface area contributed by atoms with Gasteiger partial charge in [-0.2, -0.15) is 0 Å². The summed E-state index contributed by atoms with van der Waals surface area (Å²) in [5.41, 5.74) is 1.46. The molecule has 9 nitrogen and oxygen atoms in total. The van der Waals surface area contributed by atoms with Gasteiger partial charge < -0.3 is 18.8 Å². The van der Waals surface area contributed by atoms with Crippen LogP contribution in [0.1, 0.15) is 28.4 Å². The molecule has 3 aromatic rings. The van der Waals surface area contributed by atoms with Gasteiger partial charge in [0.05, 0.1) is 11.5 Å². The fraction of sp³-hybridized carbons (Fsp3) is 0.391. The van der Waals surface area contributed by atoms with Gasteiger partial charge in [0, 0.05) is 68.2 Å². The van der Waals surface area contributed by atoms with Crippen LogP contribution in [0.25, 0.3) is 10.9 Å². The number of carbonyl (C=O) groups excluding carboxylic acids is 1. The van der Waals surface area contributed by atoms with Crippen LogP contribution in [0.3, 0.4) is 0 Å². The second kappa shape index (κ2) is 7.90. The van der Waals surface area contributed by atoms with Crippen molar-refractivity contribution in [2.45, 2.75) is 25.4 Å². The van der Waals surface area contributed by atoms with E-state index < -0.39 is 16.2 Å². The number of ether oxygens (including phenoxy) is 1. The van der Waals surface area contributed by atoms with Gasteiger partial charge in [-0.3, -0.25) is 19.7 Å². The average Bonchev–Trinajstić information content (AvgIpc) is 3.19. The summed E-state index contributed by atoms with van der Waals surface area (Å²) in [7, 11) is 1.66. The molecule has 2 aromatic heterocycles. The number of fused-ring (bicyclic) bond motifs is 5. The van der Waals surface area contributed by atoms with E-state index in [9.17, 15) is 19.7 Å². The Kier molecular flexibility index (Phi) is 5.05. The molecule has 1 fully saturated rings. The monoisotopic (exact) mass is 436 g/mol. The number of aromatic nitrogens is 2. The summed E-state index contributed by atoms with van der Waals surface area (Å²) in [5.74, 6) is 0.0623.